The van der Waals surface area contributed by atoms with E-state index in [9.17, 15) is 4.79 Å². The lowest BCUT2D eigenvalue weighted by Crippen LogP contribution is -2.34. The Kier molecular flexibility index (Phi) is 7.61. The van der Waals surface area contributed by atoms with Crippen LogP contribution in [0.4, 0.5) is 11.5 Å². The molecule has 0 spiro atoms. The van der Waals surface area contributed by atoms with Crippen LogP contribution in [-0.2, 0) is 0 Å². The molecule has 8 nitrogen and oxygen atoms in total. The summed E-state index contributed by atoms with van der Waals surface area (Å²) < 4.78 is 10.7. The zero-order valence-corrected chi connectivity index (χ0v) is 18.4. The van der Waals surface area contributed by atoms with E-state index < -0.39 is 0 Å². The zero-order chi connectivity index (χ0) is 22.2. The largest absolute Gasteiger partial charge is 0.493 e. The standard InChI is InChI=1S/C23H29N5O3/c1-5-28(6-2)12-11-24-23(29)16-7-9-17(10-8-16)27-22-18-13-20(30-3)21(31-4)14-19(18)25-15-26-22/h7-10,13-15H,5-6,11-12H2,1-4H3,(H,24,29)(H,25,26,27). The first-order valence-corrected chi connectivity index (χ1v) is 10.3. The van der Waals surface area contributed by atoms with Gasteiger partial charge in [0.2, 0.25) is 0 Å². The van der Waals surface area contributed by atoms with Gasteiger partial charge in [0.25, 0.3) is 5.91 Å². The highest BCUT2D eigenvalue weighted by Crippen LogP contribution is 2.34. The minimum atomic E-state index is -0.0805. The molecule has 1 amide bonds. The van der Waals surface area contributed by atoms with Gasteiger partial charge in [0.15, 0.2) is 11.5 Å². The van der Waals surface area contributed by atoms with Crippen molar-refractivity contribution >= 4 is 28.3 Å². The van der Waals surface area contributed by atoms with Crippen molar-refractivity contribution in [3.63, 3.8) is 0 Å². The van der Waals surface area contributed by atoms with Gasteiger partial charge in [0.05, 0.1) is 19.7 Å². The van der Waals surface area contributed by atoms with Gasteiger partial charge in [-0.25, -0.2) is 9.97 Å². The summed E-state index contributed by atoms with van der Waals surface area (Å²) in [4.78, 5) is 23.3. The molecule has 0 aliphatic rings. The van der Waals surface area contributed by atoms with Crippen LogP contribution in [0.2, 0.25) is 0 Å². The first-order chi connectivity index (χ1) is 15.1. The number of carbonyl (C=O) groups excluding carboxylic acids is 1. The van der Waals surface area contributed by atoms with E-state index in [-0.39, 0.29) is 5.91 Å². The van der Waals surface area contributed by atoms with E-state index in [2.05, 4.69) is 39.3 Å². The fourth-order valence-electron chi connectivity index (χ4n) is 3.29. The number of carbonyl (C=O) groups is 1. The molecule has 164 valence electrons. The molecule has 0 saturated carbocycles. The highest BCUT2D eigenvalue weighted by molar-refractivity contribution is 5.95. The number of fused-ring (bicyclic) bond motifs is 1. The van der Waals surface area contributed by atoms with Gasteiger partial charge in [-0.05, 0) is 43.4 Å². The Labute approximate surface area is 182 Å². The Morgan fingerprint density at radius 1 is 1.00 bits per heavy atom. The van der Waals surface area contributed by atoms with E-state index in [4.69, 9.17) is 9.47 Å². The molecular weight excluding hydrogens is 394 g/mol. The summed E-state index contributed by atoms with van der Waals surface area (Å²) in [5.74, 6) is 1.77. The first-order valence-electron chi connectivity index (χ1n) is 10.3. The SMILES string of the molecule is CCN(CC)CCNC(=O)c1ccc(Nc2ncnc3cc(OC)c(OC)cc23)cc1. The number of nitrogens with zero attached hydrogens (tertiary/aromatic N) is 3. The number of likely N-dealkylation sites (N-methyl/N-ethyl adjacent to an activating group) is 1. The Hall–Kier alpha value is -3.39. The molecule has 0 fully saturated rings. The van der Waals surface area contributed by atoms with Crippen LogP contribution in [-0.4, -0.2) is 61.2 Å². The molecule has 1 aromatic heterocycles. The van der Waals surface area contributed by atoms with Crippen molar-refractivity contribution in [1.29, 1.82) is 0 Å². The fourth-order valence-corrected chi connectivity index (χ4v) is 3.29. The normalized spacial score (nSPS) is 10.9. The van der Waals surface area contributed by atoms with Crippen LogP contribution >= 0.6 is 0 Å². The number of methoxy groups -OCH3 is 2. The predicted octanol–water partition coefficient (Wildman–Crippen LogP) is 3.46. The van der Waals surface area contributed by atoms with Crippen molar-refractivity contribution in [2.24, 2.45) is 0 Å². The van der Waals surface area contributed by atoms with Crippen LogP contribution < -0.4 is 20.1 Å². The quantitative estimate of drug-likeness (QED) is 0.516. The Balaban J connectivity index is 1.71. The molecule has 0 aliphatic heterocycles. The molecular formula is C23H29N5O3. The maximum Gasteiger partial charge on any atom is 0.251 e. The topological polar surface area (TPSA) is 88.6 Å². The van der Waals surface area contributed by atoms with E-state index in [1.807, 2.05) is 24.3 Å². The molecule has 8 heteroatoms. The molecule has 3 aromatic rings. The molecule has 0 aliphatic carbocycles. The third-order valence-corrected chi connectivity index (χ3v) is 5.16. The molecule has 1 heterocycles. The highest BCUT2D eigenvalue weighted by atomic mass is 16.5. The molecule has 3 rings (SSSR count). The van der Waals surface area contributed by atoms with Gasteiger partial charge < -0.3 is 25.0 Å². The van der Waals surface area contributed by atoms with Crippen molar-refractivity contribution in [1.82, 2.24) is 20.2 Å². The van der Waals surface area contributed by atoms with Crippen LogP contribution in [0.15, 0.2) is 42.7 Å². The van der Waals surface area contributed by atoms with Crippen LogP contribution in [0.1, 0.15) is 24.2 Å². The van der Waals surface area contributed by atoms with Crippen LogP contribution in [0.3, 0.4) is 0 Å². The average molecular weight is 424 g/mol. The third kappa shape index (κ3) is 5.40. The third-order valence-electron chi connectivity index (χ3n) is 5.16. The van der Waals surface area contributed by atoms with Gasteiger partial charge in [0, 0.05) is 35.8 Å². The smallest absolute Gasteiger partial charge is 0.251 e. The van der Waals surface area contributed by atoms with Crippen molar-refractivity contribution < 1.29 is 14.3 Å². The summed E-state index contributed by atoms with van der Waals surface area (Å²) in [6, 6.07) is 11.0. The summed E-state index contributed by atoms with van der Waals surface area (Å²) in [5.41, 5.74) is 2.16. The Morgan fingerprint density at radius 2 is 1.68 bits per heavy atom. The summed E-state index contributed by atoms with van der Waals surface area (Å²) in [5, 5.41) is 7.06. The number of ether oxygens (including phenoxy) is 2. The van der Waals surface area contributed by atoms with Crippen LogP contribution in [0, 0.1) is 0 Å². The lowest BCUT2D eigenvalue weighted by Gasteiger charge is -2.18. The van der Waals surface area contributed by atoms with Gasteiger partial charge in [-0.2, -0.15) is 0 Å². The summed E-state index contributed by atoms with van der Waals surface area (Å²) >= 11 is 0. The molecule has 0 saturated heterocycles. The van der Waals surface area contributed by atoms with Gasteiger partial charge in [-0.1, -0.05) is 13.8 Å². The van der Waals surface area contributed by atoms with Crippen molar-refractivity contribution in [2.45, 2.75) is 13.8 Å². The number of benzene rings is 2. The molecule has 2 aromatic carbocycles. The van der Waals surface area contributed by atoms with Crippen molar-refractivity contribution in [2.75, 3.05) is 45.7 Å². The Morgan fingerprint density at radius 3 is 2.32 bits per heavy atom. The number of aromatic nitrogens is 2. The van der Waals surface area contributed by atoms with Gasteiger partial charge in [-0.3, -0.25) is 4.79 Å². The second kappa shape index (κ2) is 10.6. The molecule has 31 heavy (non-hydrogen) atoms. The predicted molar refractivity (Wildman–Crippen MR) is 122 cm³/mol. The molecule has 0 radical (unpaired) electrons. The Bertz CT molecular complexity index is 1020. The minimum Gasteiger partial charge on any atom is -0.493 e. The number of rotatable bonds is 10. The van der Waals surface area contributed by atoms with Gasteiger partial charge in [-0.15, -0.1) is 0 Å². The lowest BCUT2D eigenvalue weighted by molar-refractivity contribution is 0.0949. The second-order valence-electron chi connectivity index (χ2n) is 6.93. The second-order valence-corrected chi connectivity index (χ2v) is 6.93. The minimum absolute atomic E-state index is 0.0805. The number of hydrogen-bond donors (Lipinski definition) is 2. The maximum atomic E-state index is 12.4. The summed E-state index contributed by atoms with van der Waals surface area (Å²) in [7, 11) is 3.18. The van der Waals surface area contributed by atoms with E-state index in [0.29, 0.717) is 29.4 Å². The molecule has 0 atom stereocenters. The summed E-state index contributed by atoms with van der Waals surface area (Å²) in [6.45, 7) is 7.65. The van der Waals surface area contributed by atoms with Crippen LogP contribution in [0.5, 0.6) is 11.5 Å². The highest BCUT2D eigenvalue weighted by Gasteiger charge is 2.12. The number of amides is 1. The molecule has 0 bridgehead atoms. The van der Waals surface area contributed by atoms with E-state index in [1.165, 1.54) is 6.33 Å². The average Bonchev–Trinajstić information content (AvgIpc) is 2.81. The van der Waals surface area contributed by atoms with Gasteiger partial charge >= 0.3 is 0 Å². The molecule has 2 N–H and O–H groups in total. The van der Waals surface area contributed by atoms with E-state index in [0.717, 1.165) is 36.2 Å². The number of hydrogen-bond acceptors (Lipinski definition) is 7. The van der Waals surface area contributed by atoms with E-state index >= 15 is 0 Å². The number of nitrogens with one attached hydrogen (secondary N) is 2. The first kappa shape index (κ1) is 22.3. The van der Waals surface area contributed by atoms with Gasteiger partial charge in [0.1, 0.15) is 12.1 Å². The van der Waals surface area contributed by atoms with E-state index in [1.54, 1.807) is 26.4 Å². The van der Waals surface area contributed by atoms with Crippen molar-refractivity contribution in [3.8, 4) is 11.5 Å². The lowest BCUT2D eigenvalue weighted by atomic mass is 10.1. The zero-order valence-electron chi connectivity index (χ0n) is 18.4. The maximum absolute atomic E-state index is 12.4. The van der Waals surface area contributed by atoms with Crippen molar-refractivity contribution in [3.05, 3.63) is 48.3 Å². The van der Waals surface area contributed by atoms with Crippen LogP contribution in [0.25, 0.3) is 10.9 Å². The number of anilines is 2. The summed E-state index contributed by atoms with van der Waals surface area (Å²) in [6.07, 6.45) is 1.49. The monoisotopic (exact) mass is 423 g/mol. The molecule has 0 unspecified atom stereocenters. The fraction of sp³-hybridized carbons (Fsp3) is 0.348.